The molecule has 1 aromatic heterocycles. The van der Waals surface area contributed by atoms with Gasteiger partial charge in [-0.15, -0.1) is 0 Å². The molecule has 1 aromatic rings. The number of anilines is 2. The van der Waals surface area contributed by atoms with Crippen LogP contribution >= 0.6 is 0 Å². The van der Waals surface area contributed by atoms with E-state index in [1.807, 2.05) is 11.9 Å². The van der Waals surface area contributed by atoms with Crippen molar-refractivity contribution in [2.75, 3.05) is 37.0 Å². The highest BCUT2D eigenvalue weighted by Gasteiger charge is 2.12. The molecule has 6 heteroatoms. The van der Waals surface area contributed by atoms with Crippen LogP contribution in [0.3, 0.4) is 0 Å². The van der Waals surface area contributed by atoms with Crippen LogP contribution in [0.4, 0.5) is 11.9 Å². The lowest BCUT2D eigenvalue weighted by Gasteiger charge is -2.20. The Morgan fingerprint density at radius 3 is 2.50 bits per heavy atom. The Labute approximate surface area is 122 Å². The van der Waals surface area contributed by atoms with E-state index < -0.39 is 0 Å². The van der Waals surface area contributed by atoms with Gasteiger partial charge in [0.2, 0.25) is 11.9 Å². The fourth-order valence-electron chi connectivity index (χ4n) is 1.72. The van der Waals surface area contributed by atoms with E-state index in [2.05, 4.69) is 48.0 Å². The summed E-state index contributed by atoms with van der Waals surface area (Å²) >= 11 is 0. The molecule has 0 saturated carbocycles. The zero-order valence-corrected chi connectivity index (χ0v) is 13.3. The molecule has 0 atom stereocenters. The highest BCUT2D eigenvalue weighted by molar-refractivity contribution is 5.37. The topological polar surface area (TPSA) is 63.2 Å². The number of ether oxygens (including phenoxy) is 1. The van der Waals surface area contributed by atoms with Gasteiger partial charge in [-0.05, 0) is 18.8 Å². The van der Waals surface area contributed by atoms with Crippen LogP contribution < -0.4 is 15.0 Å². The standard InChI is InChI=1S/C14H27N5O/c1-6-8-15-12-16-13(19(5)10-11(3)4)18-14(17-12)20-9-7-2/h11H,6-10H2,1-5H3,(H,15,16,17,18). The van der Waals surface area contributed by atoms with E-state index in [1.165, 1.54) is 0 Å². The Morgan fingerprint density at radius 1 is 1.15 bits per heavy atom. The molecule has 1 rings (SSSR count). The first kappa shape index (κ1) is 16.5. The number of hydrogen-bond acceptors (Lipinski definition) is 6. The fourth-order valence-corrected chi connectivity index (χ4v) is 1.72. The van der Waals surface area contributed by atoms with Gasteiger partial charge in [-0.3, -0.25) is 0 Å². The van der Waals surface area contributed by atoms with Gasteiger partial charge in [-0.2, -0.15) is 15.0 Å². The summed E-state index contributed by atoms with van der Waals surface area (Å²) < 4.78 is 5.54. The third kappa shape index (κ3) is 5.59. The number of aromatic nitrogens is 3. The Bertz CT molecular complexity index is 371. The highest BCUT2D eigenvalue weighted by Crippen LogP contribution is 2.15. The maximum absolute atomic E-state index is 5.54. The first-order valence-electron chi connectivity index (χ1n) is 7.40. The van der Waals surface area contributed by atoms with Gasteiger partial charge in [0, 0.05) is 20.1 Å². The maximum Gasteiger partial charge on any atom is 0.323 e. The average molecular weight is 281 g/mol. The molecule has 0 fully saturated rings. The summed E-state index contributed by atoms with van der Waals surface area (Å²) in [6.07, 6.45) is 1.95. The number of rotatable bonds is 9. The van der Waals surface area contributed by atoms with Gasteiger partial charge in [0.25, 0.3) is 0 Å². The smallest absolute Gasteiger partial charge is 0.323 e. The second-order valence-electron chi connectivity index (χ2n) is 5.29. The molecule has 0 unspecified atom stereocenters. The van der Waals surface area contributed by atoms with E-state index in [0.29, 0.717) is 30.4 Å². The summed E-state index contributed by atoms with van der Waals surface area (Å²) in [5.74, 6) is 1.78. The first-order chi connectivity index (χ1) is 9.56. The lowest BCUT2D eigenvalue weighted by Crippen LogP contribution is -2.25. The third-order valence-corrected chi connectivity index (χ3v) is 2.55. The Balaban J connectivity index is 2.89. The zero-order chi connectivity index (χ0) is 15.0. The van der Waals surface area contributed by atoms with Gasteiger partial charge < -0.3 is 15.0 Å². The van der Waals surface area contributed by atoms with E-state index in [9.17, 15) is 0 Å². The van der Waals surface area contributed by atoms with Gasteiger partial charge in [0.1, 0.15) is 0 Å². The minimum Gasteiger partial charge on any atom is -0.463 e. The van der Waals surface area contributed by atoms with E-state index in [4.69, 9.17) is 4.74 Å². The normalized spacial score (nSPS) is 10.7. The van der Waals surface area contributed by atoms with E-state index in [1.54, 1.807) is 0 Å². The lowest BCUT2D eigenvalue weighted by atomic mass is 10.2. The van der Waals surface area contributed by atoms with Crippen molar-refractivity contribution < 1.29 is 4.74 Å². The molecular formula is C14H27N5O. The maximum atomic E-state index is 5.54. The summed E-state index contributed by atoms with van der Waals surface area (Å²) in [7, 11) is 1.99. The Hall–Kier alpha value is -1.59. The van der Waals surface area contributed by atoms with Crippen LogP contribution in [-0.2, 0) is 0 Å². The minimum atomic E-state index is 0.394. The van der Waals surface area contributed by atoms with Crippen LogP contribution in [0.25, 0.3) is 0 Å². The van der Waals surface area contributed by atoms with Crippen molar-refractivity contribution in [1.82, 2.24) is 15.0 Å². The average Bonchev–Trinajstić information content (AvgIpc) is 2.42. The molecule has 0 aliphatic heterocycles. The summed E-state index contributed by atoms with van der Waals surface area (Å²) in [6.45, 7) is 10.8. The fraction of sp³-hybridized carbons (Fsp3) is 0.786. The Kier molecular flexibility index (Phi) is 7.04. The molecular weight excluding hydrogens is 254 g/mol. The third-order valence-electron chi connectivity index (χ3n) is 2.55. The van der Waals surface area contributed by atoms with Crippen molar-refractivity contribution in [1.29, 1.82) is 0 Å². The van der Waals surface area contributed by atoms with Gasteiger partial charge in [0.05, 0.1) is 6.61 Å². The summed E-state index contributed by atoms with van der Waals surface area (Å²) in [4.78, 5) is 15.1. The highest BCUT2D eigenvalue weighted by atomic mass is 16.5. The number of nitrogens with one attached hydrogen (secondary N) is 1. The predicted octanol–water partition coefficient (Wildman–Crippen LogP) is 2.57. The second kappa shape index (κ2) is 8.55. The number of hydrogen-bond donors (Lipinski definition) is 1. The van der Waals surface area contributed by atoms with Crippen molar-refractivity contribution in [2.24, 2.45) is 5.92 Å². The largest absolute Gasteiger partial charge is 0.463 e. The van der Waals surface area contributed by atoms with Gasteiger partial charge in [-0.25, -0.2) is 0 Å². The van der Waals surface area contributed by atoms with Crippen LogP contribution in [0.5, 0.6) is 6.01 Å². The van der Waals surface area contributed by atoms with Crippen molar-refractivity contribution in [3.05, 3.63) is 0 Å². The van der Waals surface area contributed by atoms with Crippen LogP contribution in [0.15, 0.2) is 0 Å². The number of nitrogens with zero attached hydrogens (tertiary/aromatic N) is 4. The van der Waals surface area contributed by atoms with Crippen molar-refractivity contribution in [3.8, 4) is 6.01 Å². The zero-order valence-electron chi connectivity index (χ0n) is 13.3. The summed E-state index contributed by atoms with van der Waals surface area (Å²) in [5.41, 5.74) is 0. The van der Waals surface area contributed by atoms with Crippen molar-refractivity contribution >= 4 is 11.9 Å². The van der Waals surface area contributed by atoms with Crippen LogP contribution in [0, 0.1) is 5.92 Å². The molecule has 0 aromatic carbocycles. The van der Waals surface area contributed by atoms with Crippen molar-refractivity contribution in [3.63, 3.8) is 0 Å². The first-order valence-corrected chi connectivity index (χ1v) is 7.40. The molecule has 1 heterocycles. The Morgan fingerprint density at radius 2 is 1.90 bits per heavy atom. The SMILES string of the molecule is CCCNc1nc(OCCC)nc(N(C)CC(C)C)n1. The molecule has 0 spiro atoms. The van der Waals surface area contributed by atoms with Crippen molar-refractivity contribution in [2.45, 2.75) is 40.5 Å². The van der Waals surface area contributed by atoms with Crippen LogP contribution in [0.1, 0.15) is 40.5 Å². The molecule has 6 nitrogen and oxygen atoms in total. The van der Waals surface area contributed by atoms with Crippen LogP contribution in [0.2, 0.25) is 0 Å². The minimum absolute atomic E-state index is 0.394. The monoisotopic (exact) mass is 281 g/mol. The van der Waals surface area contributed by atoms with E-state index in [0.717, 1.165) is 25.9 Å². The van der Waals surface area contributed by atoms with E-state index in [-0.39, 0.29) is 0 Å². The molecule has 0 aliphatic rings. The van der Waals surface area contributed by atoms with Gasteiger partial charge in [-0.1, -0.05) is 27.7 Å². The lowest BCUT2D eigenvalue weighted by molar-refractivity contribution is 0.292. The molecule has 0 saturated heterocycles. The van der Waals surface area contributed by atoms with Crippen LogP contribution in [-0.4, -0.2) is 41.7 Å². The van der Waals surface area contributed by atoms with Gasteiger partial charge >= 0.3 is 6.01 Å². The van der Waals surface area contributed by atoms with E-state index >= 15 is 0 Å². The summed E-state index contributed by atoms with van der Waals surface area (Å²) in [5, 5.41) is 3.19. The second-order valence-corrected chi connectivity index (χ2v) is 5.29. The molecule has 0 aliphatic carbocycles. The van der Waals surface area contributed by atoms with Gasteiger partial charge in [0.15, 0.2) is 0 Å². The molecule has 0 bridgehead atoms. The molecule has 114 valence electrons. The molecule has 1 N–H and O–H groups in total. The predicted molar refractivity (Wildman–Crippen MR) is 82.5 cm³/mol. The summed E-state index contributed by atoms with van der Waals surface area (Å²) in [6, 6.07) is 0.394. The molecule has 0 amide bonds. The molecule has 20 heavy (non-hydrogen) atoms. The quantitative estimate of drug-likeness (QED) is 0.750. The molecule has 0 radical (unpaired) electrons.